The van der Waals surface area contributed by atoms with Crippen molar-refractivity contribution >= 4 is 5.91 Å². The molecule has 1 aromatic heterocycles. The molecule has 0 saturated carbocycles. The normalized spacial score (nSPS) is 17.3. The molecule has 1 aromatic carbocycles. The second kappa shape index (κ2) is 9.65. The minimum absolute atomic E-state index is 0.257. The minimum atomic E-state index is 0.257. The van der Waals surface area contributed by atoms with Gasteiger partial charge in [-0.1, -0.05) is 24.3 Å². The summed E-state index contributed by atoms with van der Waals surface area (Å²) in [6.45, 7) is 5.26. The van der Waals surface area contributed by atoms with Crippen LogP contribution < -0.4 is 0 Å². The molecule has 0 unspecified atom stereocenters. The summed E-state index contributed by atoms with van der Waals surface area (Å²) in [5.41, 5.74) is 4.01. The average molecular weight is 366 g/mol. The first-order valence-electron chi connectivity index (χ1n) is 10.0. The number of rotatable bonds is 7. The van der Waals surface area contributed by atoms with Gasteiger partial charge in [-0.2, -0.15) is 0 Å². The van der Waals surface area contributed by atoms with Crippen LogP contribution in [0.5, 0.6) is 0 Å². The lowest BCUT2D eigenvalue weighted by Gasteiger charge is -2.34. The fraction of sp³-hybridized carbons (Fsp3) is 0.478. The lowest BCUT2D eigenvalue weighted by Crippen LogP contribution is -2.44. The number of aromatic nitrogens is 1. The molecule has 27 heavy (non-hydrogen) atoms. The Labute approximate surface area is 163 Å². The highest BCUT2D eigenvalue weighted by Gasteiger charge is 2.24. The van der Waals surface area contributed by atoms with E-state index in [1.165, 1.54) is 29.5 Å². The van der Waals surface area contributed by atoms with E-state index < -0.39 is 0 Å². The molecule has 2 heterocycles. The van der Waals surface area contributed by atoms with Crippen LogP contribution in [-0.2, 0) is 17.8 Å². The van der Waals surface area contributed by atoms with Crippen LogP contribution in [-0.4, -0.2) is 47.4 Å². The van der Waals surface area contributed by atoms with Crippen molar-refractivity contribution in [1.29, 1.82) is 0 Å². The van der Waals surface area contributed by atoms with Gasteiger partial charge in [0, 0.05) is 32.0 Å². The van der Waals surface area contributed by atoms with Crippen molar-refractivity contribution in [1.82, 2.24) is 14.8 Å². The Morgan fingerprint density at radius 1 is 1.22 bits per heavy atom. The predicted octanol–water partition coefficient (Wildman–Crippen LogP) is 3.69. The average Bonchev–Trinajstić information content (AvgIpc) is 2.68. The van der Waals surface area contributed by atoms with Gasteiger partial charge in [0.25, 0.3) is 0 Å². The zero-order chi connectivity index (χ0) is 19.1. The fourth-order valence-corrected chi connectivity index (χ4v) is 3.96. The number of hydrogen-bond donors (Lipinski definition) is 0. The van der Waals surface area contributed by atoms with Crippen LogP contribution in [0.1, 0.15) is 36.0 Å². The van der Waals surface area contributed by atoms with Gasteiger partial charge in [0.15, 0.2) is 0 Å². The fourth-order valence-electron chi connectivity index (χ4n) is 3.96. The van der Waals surface area contributed by atoms with Crippen molar-refractivity contribution in [3.8, 4) is 0 Å². The van der Waals surface area contributed by atoms with Crippen molar-refractivity contribution in [3.05, 3.63) is 65.5 Å². The largest absolute Gasteiger partial charge is 0.341 e. The number of benzene rings is 1. The highest BCUT2D eigenvalue weighted by Crippen LogP contribution is 2.22. The molecule has 0 N–H and O–H groups in total. The van der Waals surface area contributed by atoms with E-state index in [2.05, 4.69) is 46.0 Å². The van der Waals surface area contributed by atoms with Gasteiger partial charge < -0.3 is 4.90 Å². The van der Waals surface area contributed by atoms with Gasteiger partial charge in [0.2, 0.25) is 5.91 Å². The molecule has 4 nitrogen and oxygen atoms in total. The summed E-state index contributed by atoms with van der Waals surface area (Å²) >= 11 is 0. The van der Waals surface area contributed by atoms with Gasteiger partial charge in [0.05, 0.1) is 6.54 Å². The third-order valence-corrected chi connectivity index (χ3v) is 5.56. The number of likely N-dealkylation sites (N-methyl/N-ethyl adjacent to an activating group) is 1. The Morgan fingerprint density at radius 2 is 2.00 bits per heavy atom. The number of amides is 1. The first kappa shape index (κ1) is 19.6. The maximum Gasteiger partial charge on any atom is 0.236 e. The van der Waals surface area contributed by atoms with E-state index >= 15 is 0 Å². The van der Waals surface area contributed by atoms with Gasteiger partial charge in [-0.3, -0.25) is 14.7 Å². The van der Waals surface area contributed by atoms with Crippen LogP contribution in [0.15, 0.2) is 48.8 Å². The van der Waals surface area contributed by atoms with Crippen molar-refractivity contribution in [3.63, 3.8) is 0 Å². The summed E-state index contributed by atoms with van der Waals surface area (Å²) in [7, 11) is 2.01. The van der Waals surface area contributed by atoms with Gasteiger partial charge in [0.1, 0.15) is 0 Å². The molecule has 0 bridgehead atoms. The standard InChI is InChI=1S/C23H31N3O/c1-19-6-3-4-8-22(19)10-9-20-7-5-15-26(17-20)23(27)18-25(2)16-21-11-13-24-14-12-21/h3-4,6,8,11-14,20H,5,7,9-10,15-18H2,1-2H3/t20-/m1/s1. The number of hydrogen-bond acceptors (Lipinski definition) is 3. The van der Waals surface area contributed by atoms with Crippen LogP contribution in [0.4, 0.5) is 0 Å². The number of piperidine rings is 1. The minimum Gasteiger partial charge on any atom is -0.341 e. The summed E-state index contributed by atoms with van der Waals surface area (Å²) < 4.78 is 0. The second-order valence-corrected chi connectivity index (χ2v) is 7.84. The summed E-state index contributed by atoms with van der Waals surface area (Å²) in [6.07, 6.45) is 8.24. The van der Waals surface area contributed by atoms with E-state index in [0.717, 1.165) is 32.5 Å². The van der Waals surface area contributed by atoms with E-state index in [0.29, 0.717) is 12.5 Å². The number of aryl methyl sites for hydroxylation is 2. The van der Waals surface area contributed by atoms with Gasteiger partial charge in [-0.15, -0.1) is 0 Å². The summed E-state index contributed by atoms with van der Waals surface area (Å²) in [5, 5.41) is 0. The van der Waals surface area contributed by atoms with Crippen LogP contribution in [0.25, 0.3) is 0 Å². The van der Waals surface area contributed by atoms with Crippen LogP contribution in [0.2, 0.25) is 0 Å². The monoisotopic (exact) mass is 365 g/mol. The van der Waals surface area contributed by atoms with Crippen molar-refractivity contribution in [2.75, 3.05) is 26.7 Å². The number of nitrogens with zero attached hydrogens (tertiary/aromatic N) is 3. The predicted molar refractivity (Wildman–Crippen MR) is 109 cm³/mol. The van der Waals surface area contributed by atoms with Crippen LogP contribution >= 0.6 is 0 Å². The molecule has 0 radical (unpaired) electrons. The maximum absolute atomic E-state index is 12.7. The molecule has 1 atom stereocenters. The molecule has 0 aliphatic carbocycles. The van der Waals surface area contributed by atoms with E-state index in [1.807, 2.05) is 19.2 Å². The first-order chi connectivity index (χ1) is 13.1. The molecular formula is C23H31N3O. The zero-order valence-electron chi connectivity index (χ0n) is 16.6. The van der Waals surface area contributed by atoms with Gasteiger partial charge in [-0.05, 0) is 74.4 Å². The third kappa shape index (κ3) is 5.90. The molecule has 0 spiro atoms. The Balaban J connectivity index is 1.47. The van der Waals surface area contributed by atoms with E-state index in [4.69, 9.17) is 0 Å². The second-order valence-electron chi connectivity index (χ2n) is 7.84. The lowest BCUT2D eigenvalue weighted by atomic mass is 9.90. The number of pyridine rings is 1. The highest BCUT2D eigenvalue weighted by molar-refractivity contribution is 5.78. The molecule has 1 saturated heterocycles. The molecule has 1 fully saturated rings. The lowest BCUT2D eigenvalue weighted by molar-refractivity contribution is -0.134. The molecule has 2 aromatic rings. The smallest absolute Gasteiger partial charge is 0.236 e. The van der Waals surface area contributed by atoms with Crippen molar-refractivity contribution in [2.45, 2.75) is 39.2 Å². The Bertz CT molecular complexity index is 731. The molecule has 4 heteroatoms. The topological polar surface area (TPSA) is 36.4 Å². The zero-order valence-corrected chi connectivity index (χ0v) is 16.6. The third-order valence-electron chi connectivity index (χ3n) is 5.56. The molecule has 1 amide bonds. The molecular weight excluding hydrogens is 334 g/mol. The Morgan fingerprint density at radius 3 is 2.78 bits per heavy atom. The van der Waals surface area contributed by atoms with Crippen LogP contribution in [0, 0.1) is 12.8 Å². The Hall–Kier alpha value is -2.20. The van der Waals surface area contributed by atoms with Gasteiger partial charge in [-0.25, -0.2) is 0 Å². The van der Waals surface area contributed by atoms with E-state index in [-0.39, 0.29) is 5.91 Å². The number of likely N-dealkylation sites (tertiary alicyclic amines) is 1. The summed E-state index contributed by atoms with van der Waals surface area (Å²) in [5.74, 6) is 0.875. The van der Waals surface area contributed by atoms with Crippen LogP contribution in [0.3, 0.4) is 0 Å². The maximum atomic E-state index is 12.7. The van der Waals surface area contributed by atoms with Crippen molar-refractivity contribution < 1.29 is 4.79 Å². The number of carbonyl (C=O) groups excluding carboxylic acids is 1. The SMILES string of the molecule is Cc1ccccc1CC[C@H]1CCCN(C(=O)CN(C)Cc2ccncc2)C1. The Kier molecular flexibility index (Phi) is 6.99. The van der Waals surface area contributed by atoms with Gasteiger partial charge >= 0.3 is 0 Å². The highest BCUT2D eigenvalue weighted by atomic mass is 16.2. The molecule has 1 aliphatic heterocycles. The summed E-state index contributed by atoms with van der Waals surface area (Å²) in [6, 6.07) is 12.6. The quantitative estimate of drug-likeness (QED) is 0.751. The molecule has 1 aliphatic rings. The summed E-state index contributed by atoms with van der Waals surface area (Å²) in [4.78, 5) is 21.0. The van der Waals surface area contributed by atoms with E-state index in [1.54, 1.807) is 12.4 Å². The number of carbonyl (C=O) groups is 1. The molecule has 3 rings (SSSR count). The molecule has 144 valence electrons. The van der Waals surface area contributed by atoms with Crippen molar-refractivity contribution in [2.24, 2.45) is 5.92 Å². The first-order valence-corrected chi connectivity index (χ1v) is 10.0. The van der Waals surface area contributed by atoms with E-state index in [9.17, 15) is 4.79 Å².